The lowest BCUT2D eigenvalue weighted by molar-refractivity contribution is -0.161. The van der Waals surface area contributed by atoms with E-state index >= 15 is 0 Å². The first kappa shape index (κ1) is 56.7. The van der Waals surface area contributed by atoms with E-state index in [1.807, 2.05) is 6.07 Å². The predicted molar refractivity (Wildman–Crippen MR) is 254 cm³/mol. The molecule has 0 heterocycles. The standard InChI is InChI=1S/C49H88Cl2NO7P/c1-3-5-7-9-11-13-15-17-19-21-23-25-27-29-34-38-48(53)56-44-47(45-57-60(55,52(42-40-50)43-41-51)59-46-36-32-31-33-37-46)58-49(54)39-35-30-28-26-24-22-20-18-16-14-12-10-8-6-4-2/h31-33,36-37,47H,3-30,34-35,38-45H2,1-2H3/t47-,60-/m0/s1. The summed E-state index contributed by atoms with van der Waals surface area (Å²) in [7, 11) is -4.00. The lowest BCUT2D eigenvalue weighted by Crippen LogP contribution is -2.33. The van der Waals surface area contributed by atoms with Gasteiger partial charge < -0.3 is 14.0 Å². The Labute approximate surface area is 378 Å². The van der Waals surface area contributed by atoms with Gasteiger partial charge in [0.05, 0.1) is 6.61 Å². The molecule has 0 unspecified atom stereocenters. The lowest BCUT2D eigenvalue weighted by atomic mass is 10.0. The molecule has 0 aliphatic rings. The first-order valence-corrected chi connectivity index (χ1v) is 27.2. The molecule has 350 valence electrons. The maximum absolute atomic E-state index is 14.3. The zero-order valence-corrected chi connectivity index (χ0v) is 40.7. The van der Waals surface area contributed by atoms with Crippen molar-refractivity contribution in [2.24, 2.45) is 0 Å². The highest BCUT2D eigenvalue weighted by atomic mass is 35.5. The minimum absolute atomic E-state index is 0.178. The monoisotopic (exact) mass is 904 g/mol. The number of carbonyl (C=O) groups excluding carboxylic acids is 2. The molecule has 0 aromatic heterocycles. The Balaban J connectivity index is 2.54. The molecular weight excluding hydrogens is 816 g/mol. The fourth-order valence-electron chi connectivity index (χ4n) is 7.41. The SMILES string of the molecule is CCCCCCCCCCCCCCCCCC(=O)OC[C@@H](CO[P@](=O)(Oc1ccccc1)N(CCCl)CCCl)OC(=O)CCCCCCCCCCCCCCCCC. The summed E-state index contributed by atoms with van der Waals surface area (Å²) in [6.45, 7) is 4.45. The number of nitrogens with zero attached hydrogens (tertiary/aromatic N) is 1. The Bertz CT molecular complexity index is 1160. The quantitative estimate of drug-likeness (QED) is 0.0277. The second kappa shape index (κ2) is 41.7. The van der Waals surface area contributed by atoms with Gasteiger partial charge >= 0.3 is 19.7 Å². The smallest absolute Gasteiger partial charge is 0.461 e. The van der Waals surface area contributed by atoms with Crippen LogP contribution in [0, 0.1) is 0 Å². The van der Waals surface area contributed by atoms with Crippen LogP contribution in [0.4, 0.5) is 0 Å². The summed E-state index contributed by atoms with van der Waals surface area (Å²) in [4.78, 5) is 25.8. The Morgan fingerprint density at radius 3 is 1.28 bits per heavy atom. The maximum Gasteiger partial charge on any atom is 0.461 e. The van der Waals surface area contributed by atoms with E-state index in [1.165, 1.54) is 159 Å². The van der Waals surface area contributed by atoms with E-state index in [1.54, 1.807) is 24.3 Å². The Morgan fingerprint density at radius 2 is 0.900 bits per heavy atom. The minimum Gasteiger partial charge on any atom is -0.462 e. The van der Waals surface area contributed by atoms with Gasteiger partial charge in [-0.25, -0.2) is 4.57 Å². The molecule has 11 heteroatoms. The van der Waals surface area contributed by atoms with E-state index in [0.717, 1.165) is 38.5 Å². The van der Waals surface area contributed by atoms with Crippen molar-refractivity contribution in [3.8, 4) is 5.75 Å². The second-order valence-corrected chi connectivity index (χ2v) is 19.4. The molecule has 1 rings (SSSR count). The molecule has 60 heavy (non-hydrogen) atoms. The van der Waals surface area contributed by atoms with E-state index in [2.05, 4.69) is 13.8 Å². The molecule has 1 aromatic rings. The third kappa shape index (κ3) is 33.3. The van der Waals surface area contributed by atoms with Crippen molar-refractivity contribution < 1.29 is 32.7 Å². The number of halogens is 2. The molecule has 0 bridgehead atoms. The van der Waals surface area contributed by atoms with E-state index in [4.69, 9.17) is 41.7 Å². The van der Waals surface area contributed by atoms with Gasteiger partial charge in [-0.15, -0.1) is 23.2 Å². The van der Waals surface area contributed by atoms with Crippen LogP contribution in [0.1, 0.15) is 219 Å². The highest BCUT2D eigenvalue weighted by Crippen LogP contribution is 2.52. The molecule has 0 amide bonds. The summed E-state index contributed by atoms with van der Waals surface area (Å²) in [6, 6.07) is 8.74. The number of hydrogen-bond acceptors (Lipinski definition) is 7. The number of benzene rings is 1. The molecule has 0 fully saturated rings. The van der Waals surface area contributed by atoms with Crippen LogP contribution >= 0.6 is 30.9 Å². The average Bonchev–Trinajstić information content (AvgIpc) is 3.24. The number of ether oxygens (including phenoxy) is 2. The van der Waals surface area contributed by atoms with Crippen LogP contribution in [-0.2, 0) is 28.2 Å². The van der Waals surface area contributed by atoms with Crippen LogP contribution in [0.5, 0.6) is 5.75 Å². The van der Waals surface area contributed by atoms with Gasteiger partial charge in [-0.05, 0) is 25.0 Å². The van der Waals surface area contributed by atoms with Gasteiger partial charge in [0.25, 0.3) is 0 Å². The fraction of sp³-hybridized carbons (Fsp3) is 0.837. The van der Waals surface area contributed by atoms with Gasteiger partial charge in [-0.3, -0.25) is 14.1 Å². The Morgan fingerprint density at radius 1 is 0.533 bits per heavy atom. The third-order valence-corrected chi connectivity index (χ3v) is 13.5. The van der Waals surface area contributed by atoms with Crippen molar-refractivity contribution >= 4 is 42.9 Å². The van der Waals surface area contributed by atoms with Gasteiger partial charge in [0.2, 0.25) is 0 Å². The third-order valence-electron chi connectivity index (χ3n) is 11.1. The van der Waals surface area contributed by atoms with Crippen LogP contribution in [0.25, 0.3) is 0 Å². The Kier molecular flexibility index (Phi) is 39.4. The second-order valence-electron chi connectivity index (χ2n) is 16.7. The minimum atomic E-state index is -4.00. The van der Waals surface area contributed by atoms with Crippen LogP contribution < -0.4 is 4.52 Å². The van der Waals surface area contributed by atoms with E-state index < -0.39 is 19.8 Å². The van der Waals surface area contributed by atoms with Crippen LogP contribution in [0.3, 0.4) is 0 Å². The molecule has 0 spiro atoms. The van der Waals surface area contributed by atoms with Crippen molar-refractivity contribution in [2.45, 2.75) is 225 Å². The summed E-state index contributed by atoms with van der Waals surface area (Å²) in [6.07, 6.45) is 37.1. The number of unbranched alkanes of at least 4 members (excludes halogenated alkanes) is 28. The van der Waals surface area contributed by atoms with E-state index in [-0.39, 0.29) is 50.5 Å². The Hall–Kier alpha value is -1.31. The normalized spacial score (nSPS) is 13.0. The van der Waals surface area contributed by atoms with Crippen molar-refractivity contribution in [3.05, 3.63) is 30.3 Å². The molecule has 0 radical (unpaired) electrons. The number of para-hydroxylation sites is 1. The topological polar surface area (TPSA) is 91.4 Å². The van der Waals surface area contributed by atoms with E-state index in [9.17, 15) is 14.2 Å². The van der Waals surface area contributed by atoms with Gasteiger partial charge in [0.1, 0.15) is 12.4 Å². The lowest BCUT2D eigenvalue weighted by Gasteiger charge is -2.30. The largest absolute Gasteiger partial charge is 0.462 e. The van der Waals surface area contributed by atoms with Crippen LogP contribution in [0.15, 0.2) is 30.3 Å². The highest BCUT2D eigenvalue weighted by molar-refractivity contribution is 7.51. The van der Waals surface area contributed by atoms with Gasteiger partial charge in [0.15, 0.2) is 6.10 Å². The summed E-state index contributed by atoms with van der Waals surface area (Å²) in [5, 5.41) is 0. The van der Waals surface area contributed by atoms with Gasteiger partial charge in [0, 0.05) is 37.7 Å². The average molecular weight is 905 g/mol. The first-order chi connectivity index (χ1) is 29.4. The van der Waals surface area contributed by atoms with Crippen molar-refractivity contribution in [3.63, 3.8) is 0 Å². The molecule has 1 aromatic carbocycles. The summed E-state index contributed by atoms with van der Waals surface area (Å²) in [5.74, 6) is -0.0307. The fourth-order valence-corrected chi connectivity index (χ4v) is 9.82. The molecule has 0 saturated carbocycles. The molecule has 0 saturated heterocycles. The number of hydrogen-bond donors (Lipinski definition) is 0. The highest BCUT2D eigenvalue weighted by Gasteiger charge is 2.36. The molecule has 2 atom stereocenters. The van der Waals surface area contributed by atoms with Crippen molar-refractivity contribution in [1.82, 2.24) is 4.67 Å². The molecule has 0 N–H and O–H groups in total. The predicted octanol–water partition coefficient (Wildman–Crippen LogP) is 15.9. The maximum atomic E-state index is 14.3. The molecule has 0 aliphatic carbocycles. The zero-order valence-electron chi connectivity index (χ0n) is 38.3. The first-order valence-electron chi connectivity index (χ1n) is 24.6. The number of rotatable bonds is 45. The molecule has 8 nitrogen and oxygen atoms in total. The van der Waals surface area contributed by atoms with Crippen LogP contribution in [0.2, 0.25) is 0 Å². The molecule has 0 aliphatic heterocycles. The number of alkyl halides is 2. The van der Waals surface area contributed by atoms with Crippen LogP contribution in [-0.4, -0.2) is 60.8 Å². The summed E-state index contributed by atoms with van der Waals surface area (Å²) < 4.78 is 39.1. The molecular formula is C49H88Cl2NO7P. The number of carbonyl (C=O) groups is 2. The van der Waals surface area contributed by atoms with E-state index in [0.29, 0.717) is 12.2 Å². The van der Waals surface area contributed by atoms with Crippen molar-refractivity contribution in [2.75, 3.05) is 38.1 Å². The number of esters is 2. The zero-order chi connectivity index (χ0) is 43.6. The van der Waals surface area contributed by atoms with Gasteiger partial charge in [-0.2, -0.15) is 4.67 Å². The summed E-state index contributed by atoms with van der Waals surface area (Å²) >= 11 is 12.1. The van der Waals surface area contributed by atoms with Crippen molar-refractivity contribution in [1.29, 1.82) is 0 Å². The van der Waals surface area contributed by atoms with Gasteiger partial charge in [-0.1, -0.05) is 212 Å². The summed E-state index contributed by atoms with van der Waals surface area (Å²) in [5.41, 5.74) is 0.